The number of ether oxygens (including phenoxy) is 2. The minimum absolute atomic E-state index is 0.247. The van der Waals surface area contributed by atoms with Crippen LogP contribution in [0.2, 0.25) is 0 Å². The van der Waals surface area contributed by atoms with Gasteiger partial charge in [0.2, 0.25) is 0 Å². The van der Waals surface area contributed by atoms with E-state index in [9.17, 15) is 0 Å². The highest BCUT2D eigenvalue weighted by molar-refractivity contribution is 5.98. The second kappa shape index (κ2) is 7.46. The minimum atomic E-state index is -0.974. The quantitative estimate of drug-likeness (QED) is 0.440. The summed E-state index contributed by atoms with van der Waals surface area (Å²) in [5.41, 5.74) is 5.55. The highest BCUT2D eigenvalue weighted by Gasteiger charge is 2.29. The molecule has 0 heterocycles. The molecule has 0 unspecified atom stereocenters. The Balaban J connectivity index is 3.97. The molecular weight excluding hydrogens is 186 g/mol. The Morgan fingerprint density at radius 1 is 1.15 bits per heavy atom. The second-order valence-electron chi connectivity index (χ2n) is 2.79. The van der Waals surface area contributed by atoms with Gasteiger partial charge in [0.25, 0.3) is 5.97 Å². The van der Waals surface area contributed by atoms with Crippen LogP contribution in [0.5, 0.6) is 0 Å². The Bertz CT molecular complexity index is 110. The van der Waals surface area contributed by atoms with E-state index in [-0.39, 0.29) is 6.54 Å². The average Bonchev–Trinajstić information content (AvgIpc) is 2.20. The summed E-state index contributed by atoms with van der Waals surface area (Å²) in [4.78, 5) is 0. The van der Waals surface area contributed by atoms with Crippen molar-refractivity contribution in [2.45, 2.75) is 32.7 Å². The normalized spacial score (nSPS) is 12.2. The van der Waals surface area contributed by atoms with E-state index in [1.54, 1.807) is 0 Å². The van der Waals surface area contributed by atoms with Crippen LogP contribution >= 0.6 is 0 Å². The first-order chi connectivity index (χ1) is 6.24. The van der Waals surface area contributed by atoms with E-state index in [1.807, 2.05) is 13.8 Å². The minimum Gasteiger partial charge on any atom is -0.379 e. The summed E-state index contributed by atoms with van der Waals surface area (Å²) in [5.74, 6) is -0.974. The molecule has 5 heteroatoms. The van der Waals surface area contributed by atoms with Gasteiger partial charge < -0.3 is 19.6 Å². The lowest BCUT2D eigenvalue weighted by Gasteiger charge is -2.31. The average molecular weight is 207 g/mol. The van der Waals surface area contributed by atoms with Gasteiger partial charge in [0.15, 0.2) is 10.5 Å². The number of nitrogens with two attached hydrogens (primary N) is 1. The van der Waals surface area contributed by atoms with Gasteiger partial charge in [-0.3, -0.25) is 0 Å². The summed E-state index contributed by atoms with van der Waals surface area (Å²) in [5, 5.41) is 0. The molecule has 13 heavy (non-hydrogen) atoms. The van der Waals surface area contributed by atoms with Crippen LogP contribution in [-0.4, -0.2) is 36.2 Å². The molecule has 2 N–H and O–H groups in total. The molecule has 0 atom stereocenters. The van der Waals surface area contributed by atoms with Gasteiger partial charge in [-0.1, -0.05) is 13.8 Å². The molecule has 0 bridgehead atoms. The van der Waals surface area contributed by atoms with E-state index in [1.165, 1.54) is 0 Å². The van der Waals surface area contributed by atoms with Crippen molar-refractivity contribution in [2.24, 2.45) is 5.73 Å². The van der Waals surface area contributed by atoms with Crippen LogP contribution < -0.4 is 5.73 Å². The third-order valence-corrected chi connectivity index (χ3v) is 2.24. The zero-order valence-electron chi connectivity index (χ0n) is 8.84. The Morgan fingerprint density at radius 3 is 1.85 bits per heavy atom. The zero-order chi connectivity index (χ0) is 10.2. The smallest absolute Gasteiger partial charge is 0.285 e. The van der Waals surface area contributed by atoms with Gasteiger partial charge in [-0.2, -0.15) is 0 Å². The fourth-order valence-electron chi connectivity index (χ4n) is 0.876. The van der Waals surface area contributed by atoms with Crippen molar-refractivity contribution >= 4 is 10.5 Å². The van der Waals surface area contributed by atoms with Crippen LogP contribution in [0.4, 0.5) is 0 Å². The molecule has 0 aliphatic heterocycles. The molecule has 0 saturated heterocycles. The van der Waals surface area contributed by atoms with Crippen molar-refractivity contribution in [1.82, 2.24) is 0 Å². The maximum absolute atomic E-state index is 5.55. The maximum atomic E-state index is 5.55. The van der Waals surface area contributed by atoms with Crippen LogP contribution in [-0.2, 0) is 13.9 Å². The van der Waals surface area contributed by atoms with E-state index in [0.29, 0.717) is 23.7 Å². The first-order valence-corrected chi connectivity index (χ1v) is 5.59. The summed E-state index contributed by atoms with van der Waals surface area (Å²) >= 11 is 0. The van der Waals surface area contributed by atoms with Crippen molar-refractivity contribution in [3.8, 4) is 0 Å². The van der Waals surface area contributed by atoms with E-state index < -0.39 is 5.97 Å². The van der Waals surface area contributed by atoms with E-state index in [4.69, 9.17) is 19.6 Å². The van der Waals surface area contributed by atoms with Crippen LogP contribution in [0.3, 0.4) is 0 Å². The van der Waals surface area contributed by atoms with Crippen molar-refractivity contribution in [2.75, 3.05) is 19.8 Å². The first-order valence-electron chi connectivity index (χ1n) is 4.77. The maximum Gasteiger partial charge on any atom is 0.285 e. The van der Waals surface area contributed by atoms with Crippen molar-refractivity contribution in [3.05, 3.63) is 0 Å². The summed E-state index contributed by atoms with van der Waals surface area (Å²) < 4.78 is 16.1. The highest BCUT2D eigenvalue weighted by Crippen LogP contribution is 2.13. The molecular formula is C8H21NO3Si. The molecule has 0 radical (unpaired) electrons. The third-order valence-electron chi connectivity index (χ3n) is 1.61. The lowest BCUT2D eigenvalue weighted by molar-refractivity contribution is -0.336. The van der Waals surface area contributed by atoms with Gasteiger partial charge in [-0.15, -0.1) is 0 Å². The van der Waals surface area contributed by atoms with E-state index >= 15 is 0 Å². The molecule has 0 aromatic rings. The molecule has 0 rings (SSSR count). The fourth-order valence-corrected chi connectivity index (χ4v) is 1.28. The third kappa shape index (κ3) is 4.73. The molecule has 4 nitrogen and oxygen atoms in total. The molecule has 0 amide bonds. The lowest BCUT2D eigenvalue weighted by Crippen LogP contribution is -2.46. The van der Waals surface area contributed by atoms with Crippen LogP contribution in [0, 0.1) is 0 Å². The SMILES string of the molecule is CCCOC(CN)(O[SiH3])OCCC. The van der Waals surface area contributed by atoms with Crippen molar-refractivity contribution < 1.29 is 13.9 Å². The van der Waals surface area contributed by atoms with Gasteiger partial charge in [0.1, 0.15) is 0 Å². The summed E-state index contributed by atoms with van der Waals surface area (Å²) in [7, 11) is 0.559. The zero-order valence-corrected chi connectivity index (χ0v) is 10.8. The van der Waals surface area contributed by atoms with Crippen LogP contribution in [0.15, 0.2) is 0 Å². The van der Waals surface area contributed by atoms with Crippen LogP contribution in [0.25, 0.3) is 0 Å². The van der Waals surface area contributed by atoms with Crippen molar-refractivity contribution in [3.63, 3.8) is 0 Å². The number of hydrogen-bond donors (Lipinski definition) is 1. The standard InChI is InChI=1S/C8H21NO3Si/c1-3-5-10-8(7-9,12-13)11-6-4-2/h3-7,9H2,1-2,13H3. The second-order valence-corrected chi connectivity index (χ2v) is 3.20. The fraction of sp³-hybridized carbons (Fsp3) is 1.00. The molecule has 0 aliphatic rings. The predicted molar refractivity (Wildman–Crippen MR) is 55.3 cm³/mol. The molecule has 0 aromatic carbocycles. The largest absolute Gasteiger partial charge is 0.379 e. The monoisotopic (exact) mass is 207 g/mol. The number of rotatable bonds is 8. The Labute approximate surface area is 83.3 Å². The van der Waals surface area contributed by atoms with Gasteiger partial charge in [0, 0.05) is 0 Å². The first kappa shape index (κ1) is 13.1. The molecule has 80 valence electrons. The molecule has 0 aromatic heterocycles. The Morgan fingerprint density at radius 2 is 1.62 bits per heavy atom. The molecule has 0 spiro atoms. The molecule has 0 saturated carbocycles. The Hall–Kier alpha value is 0.0569. The number of hydrogen-bond acceptors (Lipinski definition) is 4. The summed E-state index contributed by atoms with van der Waals surface area (Å²) in [6.07, 6.45) is 1.87. The van der Waals surface area contributed by atoms with Gasteiger partial charge in [-0.05, 0) is 12.8 Å². The van der Waals surface area contributed by atoms with Gasteiger partial charge >= 0.3 is 0 Å². The topological polar surface area (TPSA) is 53.7 Å². The summed E-state index contributed by atoms with van der Waals surface area (Å²) in [6.45, 7) is 5.55. The van der Waals surface area contributed by atoms with Crippen molar-refractivity contribution in [1.29, 1.82) is 0 Å². The van der Waals surface area contributed by atoms with E-state index in [2.05, 4.69) is 0 Å². The van der Waals surface area contributed by atoms with Gasteiger partial charge in [-0.25, -0.2) is 0 Å². The lowest BCUT2D eigenvalue weighted by atomic mass is 10.5. The molecule has 0 aliphatic carbocycles. The van der Waals surface area contributed by atoms with Crippen LogP contribution in [0.1, 0.15) is 26.7 Å². The van der Waals surface area contributed by atoms with E-state index in [0.717, 1.165) is 12.8 Å². The Kier molecular flexibility index (Phi) is 7.49. The molecule has 0 fully saturated rings. The summed E-state index contributed by atoms with van der Waals surface area (Å²) in [6, 6.07) is 0. The highest BCUT2D eigenvalue weighted by atomic mass is 28.2. The predicted octanol–water partition coefficient (Wildman–Crippen LogP) is -0.251. The van der Waals surface area contributed by atoms with Gasteiger partial charge in [0.05, 0.1) is 19.8 Å².